The molecule has 0 aliphatic carbocycles. The minimum absolute atomic E-state index is 0. The van der Waals surface area contributed by atoms with Crippen molar-refractivity contribution >= 4 is 17.9 Å². The molecule has 1 N–H and O–H groups in total. The van der Waals surface area contributed by atoms with Crippen LogP contribution in [0.4, 0.5) is 0 Å². The Balaban J connectivity index is -0.0000000315. The van der Waals surface area contributed by atoms with Gasteiger partial charge in [-0.1, -0.05) is 6.92 Å². The van der Waals surface area contributed by atoms with Gasteiger partial charge in [0.25, 0.3) is 0 Å². The van der Waals surface area contributed by atoms with E-state index in [1.165, 1.54) is 0 Å². The van der Waals surface area contributed by atoms with Crippen molar-refractivity contribution in [2.75, 3.05) is 0 Å². The standard InChI is InChI=1S/C3H6O2.2C2H4O2.2Na/c1-2-3(4)5;2*1-2(3)4;;/h2H2,1H3,(H,4,5);2*1H3,(H,3,4);;/q;;;2*+1/p-2. The zero-order valence-electron chi connectivity index (χ0n) is 9.70. The number of aliphatic carboxylic acids is 3. The largest absolute Gasteiger partial charge is 1.00 e. The first-order valence-corrected chi connectivity index (χ1v) is 3.30. The zero-order chi connectivity index (χ0) is 11.4. The van der Waals surface area contributed by atoms with Gasteiger partial charge in [0, 0.05) is 18.4 Å². The quantitative estimate of drug-likeness (QED) is 0.453. The summed E-state index contributed by atoms with van der Waals surface area (Å²) in [5.74, 6) is -2.91. The number of carboxylic acid groups (broad SMARTS) is 3. The van der Waals surface area contributed by atoms with E-state index >= 15 is 0 Å². The van der Waals surface area contributed by atoms with Gasteiger partial charge in [0.1, 0.15) is 0 Å². The summed E-state index contributed by atoms with van der Waals surface area (Å²) in [6.45, 7) is 3.54. The van der Waals surface area contributed by atoms with E-state index in [9.17, 15) is 4.79 Å². The van der Waals surface area contributed by atoms with Crippen molar-refractivity contribution in [1.29, 1.82) is 0 Å². The smallest absolute Gasteiger partial charge is 0.550 e. The maximum atomic E-state index is 9.37. The molecule has 0 heterocycles. The fourth-order valence-electron chi connectivity index (χ4n) is 0. The van der Waals surface area contributed by atoms with Crippen LogP contribution in [0.2, 0.25) is 0 Å². The van der Waals surface area contributed by atoms with Gasteiger partial charge in [0.05, 0.1) is 0 Å². The fraction of sp³-hybridized carbons (Fsp3) is 0.571. The third kappa shape index (κ3) is 382. The molecule has 0 rings (SSSR count). The predicted octanol–water partition coefficient (Wildman–Crippen LogP) is -8.00. The minimum atomic E-state index is -1.08. The zero-order valence-corrected chi connectivity index (χ0v) is 13.7. The van der Waals surface area contributed by atoms with E-state index in [0.29, 0.717) is 0 Å². The minimum Gasteiger partial charge on any atom is -0.550 e. The molecular weight excluding hydrogens is 226 g/mol. The molecule has 0 unspecified atom stereocenters. The van der Waals surface area contributed by atoms with Crippen LogP contribution >= 0.6 is 0 Å². The molecule has 0 fully saturated rings. The van der Waals surface area contributed by atoms with Crippen molar-refractivity contribution in [2.24, 2.45) is 0 Å². The first kappa shape index (κ1) is 29.5. The maximum absolute atomic E-state index is 9.37. The molecule has 0 aromatic rings. The SMILES string of the molecule is CC(=O)[O-].CC(=O)[O-].CCC(=O)O.[Na+].[Na+]. The average Bonchev–Trinajstić information content (AvgIpc) is 1.84. The molecule has 6 nitrogen and oxygen atoms in total. The number of hydrogen-bond donors (Lipinski definition) is 1. The van der Waals surface area contributed by atoms with E-state index in [-0.39, 0.29) is 65.5 Å². The van der Waals surface area contributed by atoms with Gasteiger partial charge < -0.3 is 24.9 Å². The Kier molecular flexibility index (Phi) is 47.1. The average molecular weight is 238 g/mol. The Morgan fingerprint density at radius 2 is 1.07 bits per heavy atom. The molecule has 0 bridgehead atoms. The normalized spacial score (nSPS) is 5.80. The summed E-state index contributed by atoms with van der Waals surface area (Å²) in [4.78, 5) is 27.1. The molecule has 0 saturated carbocycles. The van der Waals surface area contributed by atoms with Crippen LogP contribution in [0.25, 0.3) is 0 Å². The first-order chi connectivity index (χ1) is 5.73. The van der Waals surface area contributed by atoms with E-state index in [2.05, 4.69) is 0 Å². The number of rotatable bonds is 1. The van der Waals surface area contributed by atoms with Crippen molar-refractivity contribution in [1.82, 2.24) is 0 Å². The van der Waals surface area contributed by atoms with Gasteiger partial charge in [-0.15, -0.1) is 0 Å². The van der Waals surface area contributed by atoms with E-state index in [4.69, 9.17) is 24.9 Å². The second-order valence-electron chi connectivity index (χ2n) is 1.73. The second-order valence-corrected chi connectivity index (χ2v) is 1.73. The summed E-state index contributed by atoms with van der Waals surface area (Å²) in [6.07, 6.45) is 0.222. The van der Waals surface area contributed by atoms with Crippen LogP contribution in [0, 0.1) is 0 Å². The van der Waals surface area contributed by atoms with Crippen LogP contribution in [-0.2, 0) is 14.4 Å². The third-order valence-corrected chi connectivity index (χ3v) is 0.302. The monoisotopic (exact) mass is 238 g/mol. The Hall–Kier alpha value is 0.410. The predicted molar refractivity (Wildman–Crippen MR) is 39.3 cm³/mol. The molecular formula is C7H12Na2O6. The molecule has 0 amide bonds. The van der Waals surface area contributed by atoms with E-state index in [0.717, 1.165) is 13.8 Å². The van der Waals surface area contributed by atoms with Crippen LogP contribution in [0.5, 0.6) is 0 Å². The molecule has 15 heavy (non-hydrogen) atoms. The maximum Gasteiger partial charge on any atom is 1.00 e. The Bertz CT molecular complexity index is 151. The number of carbonyl (C=O) groups excluding carboxylic acids is 2. The second kappa shape index (κ2) is 23.9. The van der Waals surface area contributed by atoms with Crippen molar-refractivity contribution in [3.05, 3.63) is 0 Å². The number of carboxylic acids is 3. The number of carbonyl (C=O) groups is 3. The Morgan fingerprint density at radius 3 is 1.07 bits per heavy atom. The van der Waals surface area contributed by atoms with Crippen molar-refractivity contribution in [3.63, 3.8) is 0 Å². The molecule has 0 aliphatic rings. The first-order valence-electron chi connectivity index (χ1n) is 3.30. The van der Waals surface area contributed by atoms with Gasteiger partial charge in [-0.25, -0.2) is 0 Å². The van der Waals surface area contributed by atoms with Crippen molar-refractivity contribution < 1.29 is 88.8 Å². The van der Waals surface area contributed by atoms with Crippen LogP contribution in [0.15, 0.2) is 0 Å². The van der Waals surface area contributed by atoms with Crippen molar-refractivity contribution in [3.8, 4) is 0 Å². The van der Waals surface area contributed by atoms with Gasteiger partial charge in [-0.2, -0.15) is 0 Å². The molecule has 8 heteroatoms. The van der Waals surface area contributed by atoms with Gasteiger partial charge >= 0.3 is 65.1 Å². The van der Waals surface area contributed by atoms with Crippen LogP contribution in [0.1, 0.15) is 27.2 Å². The van der Waals surface area contributed by atoms with E-state index in [1.807, 2.05) is 0 Å². The molecule has 0 atom stereocenters. The van der Waals surface area contributed by atoms with E-state index < -0.39 is 17.9 Å². The molecule has 0 aromatic carbocycles. The van der Waals surface area contributed by atoms with Crippen LogP contribution < -0.4 is 69.3 Å². The summed E-state index contributed by atoms with van der Waals surface area (Å²) >= 11 is 0. The fourth-order valence-corrected chi connectivity index (χ4v) is 0. The van der Waals surface area contributed by atoms with Crippen LogP contribution in [0.3, 0.4) is 0 Å². The molecule has 0 radical (unpaired) electrons. The Labute approximate surface area is 133 Å². The molecule has 0 aliphatic heterocycles. The van der Waals surface area contributed by atoms with Gasteiger partial charge in [-0.05, 0) is 13.8 Å². The van der Waals surface area contributed by atoms with Gasteiger partial charge in [-0.3, -0.25) is 4.79 Å². The van der Waals surface area contributed by atoms with Crippen LogP contribution in [-0.4, -0.2) is 23.0 Å². The topological polar surface area (TPSA) is 118 Å². The third-order valence-electron chi connectivity index (χ3n) is 0.302. The molecule has 78 valence electrons. The summed E-state index contributed by atoms with van der Waals surface area (Å²) in [5.41, 5.74) is 0. The Morgan fingerprint density at radius 1 is 1.00 bits per heavy atom. The molecule has 0 spiro atoms. The van der Waals surface area contributed by atoms with E-state index in [1.54, 1.807) is 6.92 Å². The van der Waals surface area contributed by atoms with Crippen molar-refractivity contribution in [2.45, 2.75) is 27.2 Å². The van der Waals surface area contributed by atoms with Gasteiger partial charge in [0.2, 0.25) is 0 Å². The summed E-state index contributed by atoms with van der Waals surface area (Å²) in [5, 5.41) is 25.5. The summed E-state index contributed by atoms with van der Waals surface area (Å²) < 4.78 is 0. The summed E-state index contributed by atoms with van der Waals surface area (Å²) in [7, 11) is 0. The molecule has 0 saturated heterocycles. The summed E-state index contributed by atoms with van der Waals surface area (Å²) in [6, 6.07) is 0. The number of hydrogen-bond acceptors (Lipinski definition) is 5. The van der Waals surface area contributed by atoms with Gasteiger partial charge in [0.15, 0.2) is 0 Å². The molecule has 0 aromatic heterocycles.